The Morgan fingerprint density at radius 3 is 2.50 bits per heavy atom. The topological polar surface area (TPSA) is 29.1 Å². The van der Waals surface area contributed by atoms with Crippen molar-refractivity contribution < 1.29 is 4.21 Å². The lowest BCUT2D eigenvalue weighted by Crippen LogP contribution is -2.31. The van der Waals surface area contributed by atoms with Crippen LogP contribution in [0.2, 0.25) is 0 Å². The molecule has 0 aromatic rings. The predicted octanol–water partition coefficient (Wildman–Crippen LogP) is 2.70. The van der Waals surface area contributed by atoms with Crippen molar-refractivity contribution in [1.29, 1.82) is 0 Å². The molecule has 3 heteroatoms. The predicted molar refractivity (Wildman–Crippen MR) is 72.2 cm³/mol. The fourth-order valence-electron chi connectivity index (χ4n) is 2.61. The molecule has 0 aromatic heterocycles. The smallest absolute Gasteiger partial charge is 0.0334 e. The molecule has 16 heavy (non-hydrogen) atoms. The van der Waals surface area contributed by atoms with Gasteiger partial charge in [0.15, 0.2) is 0 Å². The maximum atomic E-state index is 12.1. The third-order valence-corrected chi connectivity index (χ3v) is 5.45. The summed E-state index contributed by atoms with van der Waals surface area (Å²) in [6.07, 6.45) is 6.35. The van der Waals surface area contributed by atoms with Crippen molar-refractivity contribution in [3.63, 3.8) is 0 Å². The Balaban J connectivity index is 2.23. The summed E-state index contributed by atoms with van der Waals surface area (Å²) in [7, 11) is -0.619. The summed E-state index contributed by atoms with van der Waals surface area (Å²) < 4.78 is 12.1. The van der Waals surface area contributed by atoms with Crippen molar-refractivity contribution in [2.45, 2.75) is 64.2 Å². The van der Waals surface area contributed by atoms with Crippen LogP contribution in [0.1, 0.15) is 52.9 Å². The van der Waals surface area contributed by atoms with Gasteiger partial charge in [0, 0.05) is 27.8 Å². The van der Waals surface area contributed by atoms with Gasteiger partial charge in [0.25, 0.3) is 0 Å². The van der Waals surface area contributed by atoms with Crippen LogP contribution in [0.15, 0.2) is 0 Å². The van der Waals surface area contributed by atoms with Crippen molar-refractivity contribution in [3.8, 4) is 0 Å². The first-order valence-electron chi connectivity index (χ1n) is 6.74. The zero-order valence-corrected chi connectivity index (χ0v) is 11.8. The molecule has 1 aliphatic carbocycles. The van der Waals surface area contributed by atoms with Gasteiger partial charge >= 0.3 is 0 Å². The van der Waals surface area contributed by atoms with Crippen LogP contribution in [0.4, 0.5) is 0 Å². The molecule has 1 aliphatic rings. The number of hydrogen-bond donors (Lipinski definition) is 1. The van der Waals surface area contributed by atoms with Gasteiger partial charge in [-0.2, -0.15) is 0 Å². The van der Waals surface area contributed by atoms with Crippen LogP contribution in [0.3, 0.4) is 0 Å². The average Bonchev–Trinajstić information content (AvgIpc) is 2.70. The molecule has 0 aromatic carbocycles. The van der Waals surface area contributed by atoms with E-state index in [1.165, 1.54) is 25.7 Å². The Morgan fingerprint density at radius 2 is 1.94 bits per heavy atom. The largest absolute Gasteiger partial charge is 0.314 e. The van der Waals surface area contributed by atoms with Gasteiger partial charge in [-0.05, 0) is 38.6 Å². The molecule has 1 rings (SSSR count). The molecule has 1 saturated carbocycles. The first-order valence-corrected chi connectivity index (χ1v) is 8.12. The highest BCUT2D eigenvalue weighted by Gasteiger charge is 2.21. The summed E-state index contributed by atoms with van der Waals surface area (Å²) in [6, 6.07) is 0.493. The highest BCUT2D eigenvalue weighted by molar-refractivity contribution is 7.85. The Bertz CT molecular complexity index is 214. The molecule has 1 fully saturated rings. The lowest BCUT2D eigenvalue weighted by Gasteiger charge is -2.19. The summed E-state index contributed by atoms with van der Waals surface area (Å²) in [5.74, 6) is 1.69. The van der Waals surface area contributed by atoms with Crippen LogP contribution in [0.5, 0.6) is 0 Å². The molecular formula is C13H27NOS. The van der Waals surface area contributed by atoms with Gasteiger partial charge in [-0.3, -0.25) is 4.21 Å². The summed E-state index contributed by atoms with van der Waals surface area (Å²) in [6.45, 7) is 7.45. The first kappa shape index (κ1) is 14.2. The third kappa shape index (κ3) is 4.96. The van der Waals surface area contributed by atoms with Crippen molar-refractivity contribution >= 4 is 10.8 Å². The molecule has 0 spiro atoms. The van der Waals surface area contributed by atoms with E-state index in [1.807, 2.05) is 0 Å². The van der Waals surface area contributed by atoms with Crippen LogP contribution in [0, 0.1) is 5.92 Å². The van der Waals surface area contributed by atoms with Crippen LogP contribution in [-0.4, -0.2) is 27.8 Å². The van der Waals surface area contributed by atoms with E-state index in [4.69, 9.17) is 0 Å². The van der Waals surface area contributed by atoms with Gasteiger partial charge in [-0.25, -0.2) is 0 Å². The Morgan fingerprint density at radius 1 is 1.31 bits per heavy atom. The maximum Gasteiger partial charge on any atom is 0.0334 e. The van der Waals surface area contributed by atoms with E-state index in [0.29, 0.717) is 11.3 Å². The Hall–Kier alpha value is 0.110. The monoisotopic (exact) mass is 245 g/mol. The minimum Gasteiger partial charge on any atom is -0.314 e. The molecule has 0 amide bonds. The van der Waals surface area contributed by atoms with Crippen LogP contribution in [0.25, 0.3) is 0 Å². The van der Waals surface area contributed by atoms with Crippen molar-refractivity contribution in [2.75, 3.05) is 12.3 Å². The van der Waals surface area contributed by atoms with Gasteiger partial charge in [0.05, 0.1) is 0 Å². The van der Waals surface area contributed by atoms with E-state index in [0.717, 1.165) is 24.6 Å². The van der Waals surface area contributed by atoms with E-state index in [2.05, 4.69) is 26.1 Å². The van der Waals surface area contributed by atoms with E-state index in [9.17, 15) is 4.21 Å². The zero-order valence-electron chi connectivity index (χ0n) is 11.0. The van der Waals surface area contributed by atoms with Crippen LogP contribution in [-0.2, 0) is 10.8 Å². The molecule has 3 unspecified atom stereocenters. The molecule has 3 atom stereocenters. The van der Waals surface area contributed by atoms with Crippen molar-refractivity contribution in [2.24, 2.45) is 5.92 Å². The van der Waals surface area contributed by atoms with E-state index in [-0.39, 0.29) is 0 Å². The van der Waals surface area contributed by atoms with E-state index < -0.39 is 10.8 Å². The average molecular weight is 245 g/mol. The number of rotatable bonds is 7. The molecule has 2 nitrogen and oxygen atoms in total. The van der Waals surface area contributed by atoms with Crippen molar-refractivity contribution in [1.82, 2.24) is 5.32 Å². The molecule has 0 aliphatic heterocycles. The highest BCUT2D eigenvalue weighted by Crippen LogP contribution is 2.26. The fourth-order valence-corrected chi connectivity index (χ4v) is 4.24. The SMILES string of the molecule is CCNC(C)CC(C)S(=O)CC1CCCC1. The third-order valence-electron chi connectivity index (χ3n) is 3.56. The molecule has 0 heterocycles. The second-order valence-electron chi connectivity index (χ2n) is 5.20. The Labute approximate surface area is 103 Å². The summed E-state index contributed by atoms with van der Waals surface area (Å²) in [5, 5.41) is 3.73. The lowest BCUT2D eigenvalue weighted by atomic mass is 10.1. The lowest BCUT2D eigenvalue weighted by molar-refractivity contribution is 0.520. The number of hydrogen-bond acceptors (Lipinski definition) is 2. The molecule has 0 radical (unpaired) electrons. The van der Waals surface area contributed by atoms with Crippen LogP contribution >= 0.6 is 0 Å². The molecular weight excluding hydrogens is 218 g/mol. The molecule has 1 N–H and O–H groups in total. The highest BCUT2D eigenvalue weighted by atomic mass is 32.2. The van der Waals surface area contributed by atoms with E-state index >= 15 is 0 Å². The van der Waals surface area contributed by atoms with Gasteiger partial charge in [0.2, 0.25) is 0 Å². The Kier molecular flexibility index (Phi) is 6.59. The quantitative estimate of drug-likeness (QED) is 0.747. The summed E-state index contributed by atoms with van der Waals surface area (Å²) in [4.78, 5) is 0. The summed E-state index contributed by atoms with van der Waals surface area (Å²) in [5.41, 5.74) is 0. The fraction of sp³-hybridized carbons (Fsp3) is 1.00. The first-order chi connectivity index (χ1) is 7.63. The standard InChI is InChI=1S/C13H27NOS/c1-4-14-11(2)9-12(3)16(15)10-13-7-5-6-8-13/h11-14H,4-10H2,1-3H3. The van der Waals surface area contributed by atoms with Gasteiger partial charge in [0.1, 0.15) is 0 Å². The summed E-state index contributed by atoms with van der Waals surface area (Å²) >= 11 is 0. The minimum atomic E-state index is -0.619. The second kappa shape index (κ2) is 7.44. The minimum absolute atomic E-state index is 0.342. The second-order valence-corrected chi connectivity index (χ2v) is 7.10. The van der Waals surface area contributed by atoms with Gasteiger partial charge in [-0.1, -0.05) is 26.7 Å². The maximum absolute atomic E-state index is 12.1. The zero-order chi connectivity index (χ0) is 12.0. The van der Waals surface area contributed by atoms with Gasteiger partial charge < -0.3 is 5.32 Å². The van der Waals surface area contributed by atoms with Crippen molar-refractivity contribution in [3.05, 3.63) is 0 Å². The van der Waals surface area contributed by atoms with Crippen LogP contribution < -0.4 is 5.32 Å². The van der Waals surface area contributed by atoms with E-state index in [1.54, 1.807) is 0 Å². The normalized spacial score (nSPS) is 23.2. The number of nitrogens with one attached hydrogen (secondary N) is 1. The molecule has 96 valence electrons. The van der Waals surface area contributed by atoms with Gasteiger partial charge in [-0.15, -0.1) is 0 Å². The molecule has 0 saturated heterocycles. The molecule has 0 bridgehead atoms.